The molecule has 5 N–H and O–H groups in total. The van der Waals surface area contributed by atoms with Crippen LogP contribution in [0.4, 0.5) is 0 Å². The molecule has 9 heavy (non-hydrogen) atoms. The summed E-state index contributed by atoms with van der Waals surface area (Å²) >= 11 is 0. The topological polar surface area (TPSA) is 90.4 Å². The molecule has 0 aromatic heterocycles. The molecule has 0 fully saturated rings. The Bertz CT molecular complexity index is 85.9. The van der Waals surface area contributed by atoms with Crippen molar-refractivity contribution in [2.24, 2.45) is 11.6 Å². The lowest BCUT2D eigenvalue weighted by Gasteiger charge is -1.99. The molecule has 0 rings (SSSR count). The first-order valence-electron chi connectivity index (χ1n) is 2.59. The highest BCUT2D eigenvalue weighted by molar-refractivity contribution is 5.77. The van der Waals surface area contributed by atoms with Gasteiger partial charge in [-0.25, -0.2) is 5.90 Å². The van der Waals surface area contributed by atoms with Crippen LogP contribution in [0.3, 0.4) is 0 Å². The van der Waals surface area contributed by atoms with Gasteiger partial charge < -0.3 is 11.1 Å². The molecular weight excluding hydrogens is 122 g/mol. The van der Waals surface area contributed by atoms with Crippen LogP contribution < -0.4 is 16.9 Å². The number of nitrogens with one attached hydrogen (secondary N) is 1. The van der Waals surface area contributed by atoms with E-state index in [4.69, 9.17) is 5.73 Å². The lowest BCUT2D eigenvalue weighted by molar-refractivity contribution is -0.125. The molecule has 0 heterocycles. The van der Waals surface area contributed by atoms with Crippen molar-refractivity contribution in [1.82, 2.24) is 5.32 Å². The van der Waals surface area contributed by atoms with E-state index in [1.807, 2.05) is 0 Å². The maximum absolute atomic E-state index is 10.4. The molecule has 0 aliphatic heterocycles. The van der Waals surface area contributed by atoms with Crippen molar-refractivity contribution in [1.29, 1.82) is 0 Å². The molecule has 1 amide bonds. The fourth-order valence-electron chi connectivity index (χ4n) is 0.338. The van der Waals surface area contributed by atoms with Crippen LogP contribution in [0.5, 0.6) is 0 Å². The zero-order chi connectivity index (χ0) is 7.11. The molecule has 0 atom stereocenters. The van der Waals surface area contributed by atoms with Gasteiger partial charge in [-0.1, -0.05) is 0 Å². The van der Waals surface area contributed by atoms with Gasteiger partial charge in [0.15, 0.2) is 0 Å². The van der Waals surface area contributed by atoms with Gasteiger partial charge in [0, 0.05) is 13.1 Å². The predicted octanol–water partition coefficient (Wildman–Crippen LogP) is -2.05. The monoisotopic (exact) mass is 133 g/mol. The number of amides is 1. The predicted molar refractivity (Wildman–Crippen MR) is 32.2 cm³/mol. The molecule has 0 saturated heterocycles. The Morgan fingerprint density at radius 2 is 2.33 bits per heavy atom. The van der Waals surface area contributed by atoms with Gasteiger partial charge in [0.05, 0.1) is 0 Å². The second kappa shape index (κ2) is 5.49. The minimum atomic E-state index is -0.247. The summed E-state index contributed by atoms with van der Waals surface area (Å²) < 4.78 is 0. The first kappa shape index (κ1) is 8.35. The molecule has 0 unspecified atom stereocenters. The van der Waals surface area contributed by atoms with Crippen LogP contribution >= 0.6 is 0 Å². The van der Waals surface area contributed by atoms with E-state index >= 15 is 0 Å². The summed E-state index contributed by atoms with van der Waals surface area (Å²) in [5.41, 5.74) is 5.09. The van der Waals surface area contributed by atoms with Gasteiger partial charge in [-0.15, -0.1) is 0 Å². The molecule has 54 valence electrons. The summed E-state index contributed by atoms with van der Waals surface area (Å²) in [7, 11) is 0. The molecule has 0 aliphatic carbocycles. The summed E-state index contributed by atoms with van der Waals surface area (Å²) in [6.45, 7) is 0.776. The molecule has 0 aromatic rings. The van der Waals surface area contributed by atoms with Crippen LogP contribution in [0.15, 0.2) is 0 Å². The van der Waals surface area contributed by atoms with E-state index in [-0.39, 0.29) is 12.5 Å². The van der Waals surface area contributed by atoms with Gasteiger partial charge in [0.2, 0.25) is 5.91 Å². The normalized spacial score (nSPS) is 9.11. The highest BCUT2D eigenvalue weighted by Gasteiger charge is 1.95. The third-order valence-corrected chi connectivity index (χ3v) is 0.681. The summed E-state index contributed by atoms with van der Waals surface area (Å²) in [4.78, 5) is 14.5. The van der Waals surface area contributed by atoms with E-state index in [2.05, 4.69) is 16.1 Å². The number of hydrogen-bond donors (Lipinski definition) is 3. The number of rotatable bonds is 4. The van der Waals surface area contributed by atoms with Gasteiger partial charge in [0.25, 0.3) is 0 Å². The SMILES string of the molecule is NCCNC(=O)CON. The maximum Gasteiger partial charge on any atom is 0.248 e. The van der Waals surface area contributed by atoms with Crippen LogP contribution in [0.2, 0.25) is 0 Å². The zero-order valence-corrected chi connectivity index (χ0v) is 5.09. The minimum absolute atomic E-state index is 0.111. The van der Waals surface area contributed by atoms with E-state index in [1.165, 1.54) is 0 Å². The van der Waals surface area contributed by atoms with Crippen molar-refractivity contribution in [3.63, 3.8) is 0 Å². The summed E-state index contributed by atoms with van der Waals surface area (Å²) in [6, 6.07) is 0. The van der Waals surface area contributed by atoms with Crippen LogP contribution in [-0.2, 0) is 9.63 Å². The Balaban J connectivity index is 3.06. The second-order valence-electron chi connectivity index (χ2n) is 1.45. The number of nitrogens with two attached hydrogens (primary N) is 2. The number of carbonyl (C=O) groups excluding carboxylic acids is 1. The van der Waals surface area contributed by atoms with Gasteiger partial charge in [-0.05, 0) is 0 Å². The Hall–Kier alpha value is -0.650. The van der Waals surface area contributed by atoms with Gasteiger partial charge in [-0.2, -0.15) is 0 Å². The Labute approximate surface area is 53.3 Å². The van der Waals surface area contributed by atoms with Crippen molar-refractivity contribution in [3.05, 3.63) is 0 Å². The molecule has 0 radical (unpaired) electrons. The van der Waals surface area contributed by atoms with Crippen molar-refractivity contribution in [3.8, 4) is 0 Å². The van der Waals surface area contributed by atoms with Gasteiger partial charge in [-0.3, -0.25) is 9.63 Å². The Morgan fingerprint density at radius 1 is 1.67 bits per heavy atom. The van der Waals surface area contributed by atoms with E-state index in [1.54, 1.807) is 0 Å². The van der Waals surface area contributed by atoms with E-state index in [0.29, 0.717) is 13.1 Å². The summed E-state index contributed by atoms with van der Waals surface area (Å²) in [6.07, 6.45) is 0. The fourth-order valence-corrected chi connectivity index (χ4v) is 0.338. The van der Waals surface area contributed by atoms with Crippen LogP contribution in [0, 0.1) is 0 Å². The molecular formula is C4H11N3O2. The fraction of sp³-hybridized carbons (Fsp3) is 0.750. The standard InChI is InChI=1S/C4H11N3O2/c5-1-2-7-4(8)3-9-6/h1-3,5-6H2,(H,7,8). The molecule has 0 saturated carbocycles. The average molecular weight is 133 g/mol. The average Bonchev–Trinajstić information content (AvgIpc) is 1.85. The third kappa shape index (κ3) is 5.22. The molecule has 0 bridgehead atoms. The van der Waals surface area contributed by atoms with Crippen LogP contribution in [0.1, 0.15) is 0 Å². The largest absolute Gasteiger partial charge is 0.353 e. The van der Waals surface area contributed by atoms with Gasteiger partial charge >= 0.3 is 0 Å². The maximum atomic E-state index is 10.4. The third-order valence-electron chi connectivity index (χ3n) is 0.681. The van der Waals surface area contributed by atoms with Crippen molar-refractivity contribution in [2.45, 2.75) is 0 Å². The lowest BCUT2D eigenvalue weighted by atomic mass is 10.6. The zero-order valence-electron chi connectivity index (χ0n) is 5.09. The highest BCUT2D eigenvalue weighted by Crippen LogP contribution is 1.63. The van der Waals surface area contributed by atoms with Crippen molar-refractivity contribution >= 4 is 5.91 Å². The van der Waals surface area contributed by atoms with Gasteiger partial charge in [0.1, 0.15) is 6.61 Å². The van der Waals surface area contributed by atoms with Crippen molar-refractivity contribution in [2.75, 3.05) is 19.7 Å². The second-order valence-corrected chi connectivity index (χ2v) is 1.45. The number of carbonyl (C=O) groups is 1. The lowest BCUT2D eigenvalue weighted by Crippen LogP contribution is -2.32. The highest BCUT2D eigenvalue weighted by atomic mass is 16.6. The van der Waals surface area contributed by atoms with E-state index in [9.17, 15) is 4.79 Å². The molecule has 0 spiro atoms. The first-order valence-corrected chi connectivity index (χ1v) is 2.59. The summed E-state index contributed by atoms with van der Waals surface area (Å²) in [5.74, 6) is 4.36. The van der Waals surface area contributed by atoms with E-state index < -0.39 is 0 Å². The smallest absolute Gasteiger partial charge is 0.248 e. The Kier molecular flexibility index (Phi) is 5.09. The van der Waals surface area contributed by atoms with Crippen LogP contribution in [-0.4, -0.2) is 25.6 Å². The van der Waals surface area contributed by atoms with E-state index in [0.717, 1.165) is 0 Å². The molecule has 5 nitrogen and oxygen atoms in total. The number of hydrogen-bond acceptors (Lipinski definition) is 4. The van der Waals surface area contributed by atoms with Crippen molar-refractivity contribution < 1.29 is 9.63 Å². The Morgan fingerprint density at radius 3 is 2.78 bits per heavy atom. The molecule has 0 aromatic carbocycles. The quantitative estimate of drug-likeness (QED) is 0.385. The minimum Gasteiger partial charge on any atom is -0.353 e. The molecule has 5 heteroatoms. The van der Waals surface area contributed by atoms with Crippen LogP contribution in [0.25, 0.3) is 0 Å². The molecule has 0 aliphatic rings. The summed E-state index contributed by atoms with van der Waals surface area (Å²) in [5, 5.41) is 2.46. The first-order chi connectivity index (χ1) is 4.31.